The summed E-state index contributed by atoms with van der Waals surface area (Å²) in [7, 11) is 0. The van der Waals surface area contributed by atoms with E-state index in [2.05, 4.69) is 4.98 Å². The summed E-state index contributed by atoms with van der Waals surface area (Å²) in [5, 5.41) is 9.59. The van der Waals surface area contributed by atoms with E-state index in [0.29, 0.717) is 22.1 Å². The zero-order valence-electron chi connectivity index (χ0n) is 18.6. The molecule has 176 valence electrons. The lowest BCUT2D eigenvalue weighted by atomic mass is 9.86. The highest BCUT2D eigenvalue weighted by Gasteiger charge is 2.30. The van der Waals surface area contributed by atoms with Crippen LogP contribution in [0, 0.1) is 6.92 Å². The maximum absolute atomic E-state index is 12.8. The number of hydrogen-bond acceptors (Lipinski definition) is 5. The van der Waals surface area contributed by atoms with E-state index >= 15 is 0 Å². The van der Waals surface area contributed by atoms with Crippen LogP contribution in [-0.4, -0.2) is 22.7 Å². The average molecular weight is 496 g/mol. The minimum Gasteiger partial charge on any atom is -0.482 e. The Kier molecular flexibility index (Phi) is 7.43. The van der Waals surface area contributed by atoms with E-state index < -0.39 is 24.3 Å². The number of thiazole rings is 1. The lowest BCUT2D eigenvalue weighted by Crippen LogP contribution is -2.16. The zero-order valence-corrected chi connectivity index (χ0v) is 20.2. The van der Waals surface area contributed by atoms with Gasteiger partial charge in [0.05, 0.1) is 11.3 Å². The Balaban J connectivity index is 1.76. The minimum absolute atomic E-state index is 0.236. The fraction of sp³-hybridized carbons (Fsp3) is 0.333. The summed E-state index contributed by atoms with van der Waals surface area (Å²) in [4.78, 5) is 17.5. The molecule has 0 aliphatic rings. The Hall–Kier alpha value is -2.52. The summed E-state index contributed by atoms with van der Waals surface area (Å²) in [5.74, 6) is 0.175. The molecular weight excluding hydrogens is 471 g/mol. The van der Waals surface area contributed by atoms with Crippen molar-refractivity contribution in [1.82, 2.24) is 4.98 Å². The number of carboxylic acids is 1. The number of alkyl halides is 3. The van der Waals surface area contributed by atoms with Crippen LogP contribution in [-0.2, 0) is 22.1 Å². The molecule has 4 nitrogen and oxygen atoms in total. The van der Waals surface area contributed by atoms with Crippen molar-refractivity contribution in [3.8, 4) is 16.3 Å². The van der Waals surface area contributed by atoms with E-state index in [1.54, 1.807) is 17.8 Å². The van der Waals surface area contributed by atoms with Crippen molar-refractivity contribution in [2.45, 2.75) is 49.9 Å². The van der Waals surface area contributed by atoms with Crippen molar-refractivity contribution in [2.24, 2.45) is 0 Å². The van der Waals surface area contributed by atoms with E-state index in [-0.39, 0.29) is 5.41 Å². The van der Waals surface area contributed by atoms with Gasteiger partial charge >= 0.3 is 12.1 Å². The number of aryl methyl sites for hydroxylation is 1. The summed E-state index contributed by atoms with van der Waals surface area (Å²) < 4.78 is 43.9. The van der Waals surface area contributed by atoms with Crippen LogP contribution in [0.3, 0.4) is 0 Å². The highest BCUT2D eigenvalue weighted by molar-refractivity contribution is 7.98. The van der Waals surface area contributed by atoms with Gasteiger partial charge in [0.15, 0.2) is 6.61 Å². The number of carbonyl (C=O) groups is 1. The molecule has 0 aliphatic carbocycles. The van der Waals surface area contributed by atoms with Crippen LogP contribution in [0.15, 0.2) is 47.4 Å². The number of benzene rings is 2. The summed E-state index contributed by atoms with van der Waals surface area (Å²) in [6.07, 6.45) is -4.36. The Labute approximate surface area is 198 Å². The molecule has 0 bridgehead atoms. The van der Waals surface area contributed by atoms with E-state index in [1.807, 2.05) is 39.8 Å². The monoisotopic (exact) mass is 495 g/mol. The number of aromatic nitrogens is 1. The number of rotatable bonds is 7. The van der Waals surface area contributed by atoms with Gasteiger partial charge in [0, 0.05) is 26.7 Å². The number of aliphatic carboxylic acids is 1. The van der Waals surface area contributed by atoms with Gasteiger partial charge in [-0.05, 0) is 42.7 Å². The standard InChI is InChI=1S/C24H24F3NO3S2/c1-14-20(33-22(28-14)15-5-7-16(8-6-15)24(25,26)27)13-32-17-9-10-19(31-12-21(29)30)18(11-17)23(2,3)4/h5-11H,12-13H2,1-4H3,(H,29,30). The molecule has 3 rings (SSSR count). The molecule has 0 aliphatic heterocycles. The highest BCUT2D eigenvalue weighted by atomic mass is 32.2. The topological polar surface area (TPSA) is 59.4 Å². The molecule has 0 radical (unpaired) electrons. The first kappa shape index (κ1) is 25.1. The molecule has 0 amide bonds. The van der Waals surface area contributed by atoms with Gasteiger partial charge < -0.3 is 9.84 Å². The van der Waals surface area contributed by atoms with Gasteiger partial charge in [0.2, 0.25) is 0 Å². The molecule has 3 aromatic rings. The molecule has 0 fully saturated rings. The molecule has 0 atom stereocenters. The molecule has 0 saturated heterocycles. The van der Waals surface area contributed by atoms with E-state index in [4.69, 9.17) is 9.84 Å². The molecule has 1 heterocycles. The van der Waals surface area contributed by atoms with Crippen LogP contribution < -0.4 is 4.74 Å². The third-order valence-corrected chi connectivity index (χ3v) is 7.24. The summed E-state index contributed by atoms with van der Waals surface area (Å²) in [6, 6.07) is 10.7. The second kappa shape index (κ2) is 9.77. The lowest BCUT2D eigenvalue weighted by Gasteiger charge is -2.23. The van der Waals surface area contributed by atoms with Gasteiger partial charge in [-0.1, -0.05) is 32.9 Å². The molecule has 0 saturated carbocycles. The summed E-state index contributed by atoms with van der Waals surface area (Å²) in [6.45, 7) is 7.60. The number of carboxylic acid groups (broad SMARTS) is 1. The maximum Gasteiger partial charge on any atom is 0.416 e. The van der Waals surface area contributed by atoms with Crippen molar-refractivity contribution in [2.75, 3.05) is 6.61 Å². The average Bonchev–Trinajstić information content (AvgIpc) is 3.10. The molecule has 1 N–H and O–H groups in total. The van der Waals surface area contributed by atoms with E-state index in [9.17, 15) is 18.0 Å². The van der Waals surface area contributed by atoms with Crippen molar-refractivity contribution >= 4 is 29.1 Å². The normalized spacial score (nSPS) is 12.1. The van der Waals surface area contributed by atoms with Gasteiger partial charge in [-0.15, -0.1) is 23.1 Å². The molecule has 33 heavy (non-hydrogen) atoms. The van der Waals surface area contributed by atoms with Gasteiger partial charge in [0.25, 0.3) is 0 Å². The Morgan fingerprint density at radius 1 is 1.12 bits per heavy atom. The summed E-state index contributed by atoms with van der Waals surface area (Å²) in [5.41, 5.74) is 1.50. The van der Waals surface area contributed by atoms with Crippen molar-refractivity contribution < 1.29 is 27.8 Å². The Bertz CT molecular complexity index is 1130. The fourth-order valence-corrected chi connectivity index (χ4v) is 5.23. The zero-order chi connectivity index (χ0) is 24.4. The van der Waals surface area contributed by atoms with Crippen LogP contribution in [0.1, 0.15) is 42.5 Å². The van der Waals surface area contributed by atoms with Gasteiger partial charge in [-0.3, -0.25) is 0 Å². The van der Waals surface area contributed by atoms with Crippen LogP contribution in [0.25, 0.3) is 10.6 Å². The van der Waals surface area contributed by atoms with Crippen LogP contribution in [0.2, 0.25) is 0 Å². The van der Waals surface area contributed by atoms with E-state index in [1.165, 1.54) is 23.5 Å². The molecule has 1 aromatic heterocycles. The maximum atomic E-state index is 12.8. The number of hydrogen-bond donors (Lipinski definition) is 1. The first-order chi connectivity index (χ1) is 15.3. The van der Waals surface area contributed by atoms with Gasteiger partial charge in [0.1, 0.15) is 10.8 Å². The van der Waals surface area contributed by atoms with Gasteiger partial charge in [-0.25, -0.2) is 9.78 Å². The van der Waals surface area contributed by atoms with Crippen LogP contribution in [0.4, 0.5) is 13.2 Å². The predicted octanol–water partition coefficient (Wildman–Crippen LogP) is 7.19. The molecule has 0 spiro atoms. The fourth-order valence-electron chi connectivity index (χ4n) is 3.09. The lowest BCUT2D eigenvalue weighted by molar-refractivity contribution is -0.139. The van der Waals surface area contributed by atoms with Crippen LogP contribution >= 0.6 is 23.1 Å². The second-order valence-electron chi connectivity index (χ2n) is 8.48. The highest BCUT2D eigenvalue weighted by Crippen LogP contribution is 2.38. The molecule has 0 unspecified atom stereocenters. The molecule has 9 heteroatoms. The predicted molar refractivity (Wildman–Crippen MR) is 125 cm³/mol. The largest absolute Gasteiger partial charge is 0.482 e. The summed E-state index contributed by atoms with van der Waals surface area (Å²) >= 11 is 3.08. The Morgan fingerprint density at radius 2 is 1.79 bits per heavy atom. The van der Waals surface area contributed by atoms with Crippen molar-refractivity contribution in [3.05, 3.63) is 64.2 Å². The molecular formula is C24H24F3NO3S2. The SMILES string of the molecule is Cc1nc(-c2ccc(C(F)(F)F)cc2)sc1CSc1ccc(OCC(=O)O)c(C(C)(C)C)c1. The number of thioether (sulfide) groups is 1. The third-order valence-electron chi connectivity index (χ3n) is 4.83. The second-order valence-corrected chi connectivity index (χ2v) is 10.6. The number of nitrogens with zero attached hydrogens (tertiary/aromatic N) is 1. The molecule has 2 aromatic carbocycles. The quantitative estimate of drug-likeness (QED) is 0.352. The van der Waals surface area contributed by atoms with Crippen LogP contribution in [0.5, 0.6) is 5.75 Å². The number of halogens is 3. The smallest absolute Gasteiger partial charge is 0.416 e. The van der Waals surface area contributed by atoms with Crippen molar-refractivity contribution in [1.29, 1.82) is 0 Å². The minimum atomic E-state index is -4.36. The number of ether oxygens (including phenoxy) is 1. The third kappa shape index (κ3) is 6.51. The van der Waals surface area contributed by atoms with E-state index in [0.717, 1.165) is 33.2 Å². The van der Waals surface area contributed by atoms with Gasteiger partial charge in [-0.2, -0.15) is 13.2 Å². The van der Waals surface area contributed by atoms with Crippen molar-refractivity contribution in [3.63, 3.8) is 0 Å². The Morgan fingerprint density at radius 3 is 2.36 bits per heavy atom. The first-order valence-corrected chi connectivity index (χ1v) is 11.9. The first-order valence-electron chi connectivity index (χ1n) is 10.1.